The van der Waals surface area contributed by atoms with E-state index in [4.69, 9.17) is 16.3 Å². The second-order valence-electron chi connectivity index (χ2n) is 5.39. The van der Waals surface area contributed by atoms with Crippen LogP contribution in [0.4, 0.5) is 23.9 Å². The maximum atomic E-state index is 12.6. The molecule has 1 aromatic heterocycles. The van der Waals surface area contributed by atoms with Crippen LogP contribution in [0.5, 0.6) is 0 Å². The number of thiophene rings is 1. The summed E-state index contributed by atoms with van der Waals surface area (Å²) >= 11 is 6.31. The first-order valence-electron chi connectivity index (χ1n) is 7.80. The number of carbonyl (C=O) groups is 3. The molecule has 0 saturated heterocycles. The lowest BCUT2D eigenvalue weighted by Gasteiger charge is -2.08. The van der Waals surface area contributed by atoms with E-state index in [9.17, 15) is 27.6 Å². The number of hydrogen-bond donors (Lipinski definition) is 2. The van der Waals surface area contributed by atoms with E-state index >= 15 is 0 Å². The average molecular weight is 435 g/mol. The molecule has 0 aliphatic heterocycles. The summed E-state index contributed by atoms with van der Waals surface area (Å²) in [6, 6.07) is 6.14. The topological polar surface area (TPSA) is 84.5 Å². The lowest BCUT2D eigenvalue weighted by Crippen LogP contribution is -2.30. The van der Waals surface area contributed by atoms with Crippen LogP contribution in [0.15, 0.2) is 24.3 Å². The molecule has 0 fully saturated rings. The van der Waals surface area contributed by atoms with Gasteiger partial charge in [-0.2, -0.15) is 13.2 Å². The first kappa shape index (κ1) is 21.7. The van der Waals surface area contributed by atoms with Crippen LogP contribution in [0.1, 0.15) is 32.5 Å². The first-order valence-corrected chi connectivity index (χ1v) is 8.99. The van der Waals surface area contributed by atoms with Gasteiger partial charge in [0.15, 0.2) is 0 Å². The van der Waals surface area contributed by atoms with E-state index in [-0.39, 0.29) is 22.6 Å². The molecule has 1 heterocycles. The molecule has 1 aromatic carbocycles. The fourth-order valence-corrected chi connectivity index (χ4v) is 3.37. The number of amides is 2. The average Bonchev–Trinajstić information content (AvgIpc) is 2.92. The van der Waals surface area contributed by atoms with Crippen molar-refractivity contribution in [1.82, 2.24) is 0 Å². The third-order valence-corrected chi connectivity index (χ3v) is 4.88. The second-order valence-corrected chi connectivity index (χ2v) is 6.85. The minimum absolute atomic E-state index is 0.0346. The maximum absolute atomic E-state index is 12.6. The lowest BCUT2D eigenvalue weighted by molar-refractivity contribution is -0.167. The number of hydrogen-bond acceptors (Lipinski definition) is 5. The Morgan fingerprint density at radius 3 is 2.29 bits per heavy atom. The molecule has 11 heteroatoms. The molecule has 0 aliphatic rings. The van der Waals surface area contributed by atoms with E-state index in [1.165, 1.54) is 38.1 Å². The van der Waals surface area contributed by atoms with Gasteiger partial charge in [-0.1, -0.05) is 11.6 Å². The van der Waals surface area contributed by atoms with Crippen molar-refractivity contribution in [2.75, 3.05) is 17.2 Å². The Morgan fingerprint density at radius 2 is 1.75 bits per heavy atom. The largest absolute Gasteiger partial charge is 0.471 e. The molecule has 150 valence electrons. The SMILES string of the molecule is CCOC(=O)c1c(NC(=O)C(F)(F)F)sc(C(=O)Nc2ccc(Cl)cc2)c1C. The number of benzene rings is 1. The van der Waals surface area contributed by atoms with Crippen molar-refractivity contribution in [2.45, 2.75) is 20.0 Å². The highest BCUT2D eigenvalue weighted by atomic mass is 35.5. The molecule has 0 atom stereocenters. The van der Waals surface area contributed by atoms with Gasteiger partial charge in [0.2, 0.25) is 0 Å². The molecule has 28 heavy (non-hydrogen) atoms. The maximum Gasteiger partial charge on any atom is 0.471 e. The molecule has 2 rings (SSSR count). The summed E-state index contributed by atoms with van der Waals surface area (Å²) < 4.78 is 42.6. The highest BCUT2D eigenvalue weighted by molar-refractivity contribution is 7.19. The zero-order valence-electron chi connectivity index (χ0n) is 14.6. The van der Waals surface area contributed by atoms with Crippen molar-refractivity contribution in [3.63, 3.8) is 0 Å². The summed E-state index contributed by atoms with van der Waals surface area (Å²) in [7, 11) is 0. The Hall–Kier alpha value is -2.59. The molecule has 2 aromatic rings. The van der Waals surface area contributed by atoms with E-state index in [2.05, 4.69) is 5.32 Å². The van der Waals surface area contributed by atoms with E-state index in [0.717, 1.165) is 0 Å². The van der Waals surface area contributed by atoms with Crippen LogP contribution in [0.2, 0.25) is 5.02 Å². The van der Waals surface area contributed by atoms with Crippen molar-refractivity contribution in [3.8, 4) is 0 Å². The minimum Gasteiger partial charge on any atom is -0.462 e. The predicted octanol–water partition coefficient (Wildman–Crippen LogP) is 4.64. The van der Waals surface area contributed by atoms with Crippen molar-refractivity contribution < 1.29 is 32.3 Å². The van der Waals surface area contributed by atoms with Gasteiger partial charge in [0.05, 0.1) is 17.0 Å². The Kier molecular flexibility index (Phi) is 6.68. The number of esters is 1. The summed E-state index contributed by atoms with van der Waals surface area (Å²) in [5, 5.41) is 4.21. The summed E-state index contributed by atoms with van der Waals surface area (Å²) in [6.07, 6.45) is -5.16. The summed E-state index contributed by atoms with van der Waals surface area (Å²) in [4.78, 5) is 35.9. The molecule has 6 nitrogen and oxygen atoms in total. The van der Waals surface area contributed by atoms with Crippen LogP contribution >= 0.6 is 22.9 Å². The predicted molar refractivity (Wildman–Crippen MR) is 99.1 cm³/mol. The van der Waals surface area contributed by atoms with Gasteiger partial charge in [-0.3, -0.25) is 9.59 Å². The van der Waals surface area contributed by atoms with Gasteiger partial charge >= 0.3 is 18.1 Å². The monoisotopic (exact) mass is 434 g/mol. The molecule has 2 amide bonds. The van der Waals surface area contributed by atoms with Crippen LogP contribution in [-0.4, -0.2) is 30.6 Å². The van der Waals surface area contributed by atoms with Crippen LogP contribution in [-0.2, 0) is 9.53 Å². The fourth-order valence-electron chi connectivity index (χ4n) is 2.16. The standard InChI is InChI=1S/C17H14ClF3N2O4S/c1-3-27-15(25)11-8(2)12(28-14(11)23-16(26)17(19,20)21)13(24)22-10-6-4-9(18)5-7-10/h4-7H,3H2,1-2H3,(H,22,24)(H,23,26). The number of carbonyl (C=O) groups excluding carboxylic acids is 3. The van der Waals surface area contributed by atoms with Crippen LogP contribution in [0, 0.1) is 6.92 Å². The zero-order valence-corrected chi connectivity index (χ0v) is 16.1. The Labute approximate surface area is 166 Å². The Morgan fingerprint density at radius 1 is 1.14 bits per heavy atom. The molecule has 0 aliphatic carbocycles. The number of anilines is 2. The molecule has 0 saturated carbocycles. The molecular weight excluding hydrogens is 421 g/mol. The summed E-state index contributed by atoms with van der Waals surface area (Å²) in [5.41, 5.74) is 0.179. The number of rotatable bonds is 5. The second kappa shape index (κ2) is 8.61. The summed E-state index contributed by atoms with van der Waals surface area (Å²) in [6.45, 7) is 2.86. The summed E-state index contributed by atoms with van der Waals surface area (Å²) in [5.74, 6) is -3.87. The van der Waals surface area contributed by atoms with E-state index < -0.39 is 29.0 Å². The molecule has 0 bridgehead atoms. The van der Waals surface area contributed by atoms with Gasteiger partial charge in [0.1, 0.15) is 5.00 Å². The van der Waals surface area contributed by atoms with E-state index in [0.29, 0.717) is 22.0 Å². The highest BCUT2D eigenvalue weighted by Crippen LogP contribution is 2.35. The number of ether oxygens (including phenoxy) is 1. The molecular formula is C17H14ClF3N2O4S. The van der Waals surface area contributed by atoms with Crippen LogP contribution < -0.4 is 10.6 Å². The number of alkyl halides is 3. The molecule has 0 spiro atoms. The van der Waals surface area contributed by atoms with E-state index in [1.54, 1.807) is 5.32 Å². The van der Waals surface area contributed by atoms with Gasteiger partial charge in [0, 0.05) is 10.7 Å². The molecule has 0 radical (unpaired) electrons. The van der Waals surface area contributed by atoms with Crippen LogP contribution in [0.25, 0.3) is 0 Å². The van der Waals surface area contributed by atoms with Crippen LogP contribution in [0.3, 0.4) is 0 Å². The van der Waals surface area contributed by atoms with Gasteiger partial charge in [-0.25, -0.2) is 4.79 Å². The first-order chi connectivity index (χ1) is 13.0. The smallest absolute Gasteiger partial charge is 0.462 e. The van der Waals surface area contributed by atoms with Gasteiger partial charge in [0.25, 0.3) is 5.91 Å². The highest BCUT2D eigenvalue weighted by Gasteiger charge is 2.40. The van der Waals surface area contributed by atoms with Crippen molar-refractivity contribution in [3.05, 3.63) is 45.3 Å². The Bertz CT molecular complexity index is 910. The van der Waals surface area contributed by atoms with Gasteiger partial charge < -0.3 is 15.4 Å². The quantitative estimate of drug-likeness (QED) is 0.671. The molecule has 2 N–H and O–H groups in total. The van der Waals surface area contributed by atoms with Crippen molar-refractivity contribution in [1.29, 1.82) is 0 Å². The zero-order chi connectivity index (χ0) is 21.1. The number of halogens is 4. The normalized spacial score (nSPS) is 11.1. The minimum atomic E-state index is -5.16. The third-order valence-electron chi connectivity index (χ3n) is 3.42. The fraction of sp³-hybridized carbons (Fsp3) is 0.235. The van der Waals surface area contributed by atoms with Crippen molar-refractivity contribution >= 4 is 51.4 Å². The van der Waals surface area contributed by atoms with Gasteiger partial charge in [-0.15, -0.1) is 11.3 Å². The van der Waals surface area contributed by atoms with Gasteiger partial charge in [-0.05, 0) is 43.7 Å². The van der Waals surface area contributed by atoms with E-state index in [1.807, 2.05) is 0 Å². The third kappa shape index (κ3) is 5.02. The van der Waals surface area contributed by atoms with Crippen molar-refractivity contribution in [2.24, 2.45) is 0 Å². The Balaban J connectivity index is 2.40. The lowest BCUT2D eigenvalue weighted by atomic mass is 10.1. The number of nitrogens with one attached hydrogen (secondary N) is 2. The molecule has 0 unspecified atom stereocenters.